The van der Waals surface area contributed by atoms with Crippen LogP contribution in [0.5, 0.6) is 0 Å². The van der Waals surface area contributed by atoms with Gasteiger partial charge in [-0.2, -0.15) is 5.10 Å². The van der Waals surface area contributed by atoms with Gasteiger partial charge in [-0.05, 0) is 190 Å². The van der Waals surface area contributed by atoms with Gasteiger partial charge in [0.2, 0.25) is 0 Å². The number of H-pyrrole nitrogens is 1. The summed E-state index contributed by atoms with van der Waals surface area (Å²) in [5, 5.41) is 30.4. The zero-order chi connectivity index (χ0) is 66.7. The van der Waals surface area contributed by atoms with Gasteiger partial charge in [-0.3, -0.25) is 33.9 Å². The van der Waals surface area contributed by atoms with Crippen molar-refractivity contribution < 1.29 is 42.0 Å². The lowest BCUT2D eigenvalue weighted by atomic mass is 9.79. The molecular formula is C63H50BBr3ClF4N13O8. The summed E-state index contributed by atoms with van der Waals surface area (Å²) in [5.74, 6) is 1.14. The Bertz CT molecular complexity index is 4610. The molecule has 2 aliphatic heterocycles. The number of halogens is 8. The van der Waals surface area contributed by atoms with E-state index in [0.717, 1.165) is 54.4 Å². The number of hydrogen-bond acceptors (Lipinski definition) is 14. The Morgan fingerprint density at radius 2 is 1.20 bits per heavy atom. The Morgan fingerprint density at radius 1 is 0.634 bits per heavy atom. The fraction of sp³-hybridized carbons (Fsp3) is 0.0794. The summed E-state index contributed by atoms with van der Waals surface area (Å²) in [5.41, 5.74) is 5.73. The topological polar surface area (TPSA) is 289 Å². The van der Waals surface area contributed by atoms with E-state index in [9.17, 15) is 56.4 Å². The van der Waals surface area contributed by atoms with Gasteiger partial charge >= 0.3 is 12.8 Å². The molecule has 21 nitrogen and oxygen atoms in total. The number of aliphatic imine (C=N–C) groups is 1. The van der Waals surface area contributed by atoms with Crippen LogP contribution in [-0.4, -0.2) is 85.9 Å². The highest BCUT2D eigenvalue weighted by Gasteiger charge is 2.25. The van der Waals surface area contributed by atoms with Crippen LogP contribution < -0.4 is 44.2 Å². The zero-order valence-electron chi connectivity index (χ0n) is 48.1. The molecule has 10 aromatic rings. The highest BCUT2D eigenvalue weighted by molar-refractivity contribution is 9.11. The molecule has 6 aromatic heterocycles. The number of anilines is 1. The van der Waals surface area contributed by atoms with Crippen LogP contribution in [0.4, 0.5) is 23.4 Å². The van der Waals surface area contributed by atoms with Gasteiger partial charge in [0.15, 0.2) is 28.9 Å². The minimum absolute atomic E-state index is 0.00618. The summed E-state index contributed by atoms with van der Waals surface area (Å²) in [6.45, 7) is 0.367. The minimum Gasteiger partial charge on any atom is -0.423 e. The SMILES string of the molecule is Clc1ccc(Br)cn1.NNc1ccc(Br)cn1.O=C(NCc1cccc(B(O)O)c1)c1cccn(Cc2ccc(F)c(F)c2)c1=O.O=C(NCc1cccc(C2=CN3C(=O)CN=C3C=C2)c1)c1cccn(Cc2ccc(F)c(F)c2)c1=O.O=c1[nH]nc2ccc(Br)cn12. The number of allylic oxidation sites excluding steroid dienone is 2. The van der Waals surface area contributed by atoms with Gasteiger partial charge < -0.3 is 35.2 Å². The average molecular weight is 1480 g/mol. The predicted octanol–water partition coefficient (Wildman–Crippen LogP) is 8.45. The number of carbonyl (C=O) groups is 3. The summed E-state index contributed by atoms with van der Waals surface area (Å²) in [6, 6.07) is 37.2. The Kier molecular flexibility index (Phi) is 24.5. The molecule has 0 aliphatic carbocycles. The third-order valence-electron chi connectivity index (χ3n) is 13.1. The number of amides is 3. The maximum absolute atomic E-state index is 13.5. The van der Waals surface area contributed by atoms with E-state index in [1.165, 1.54) is 73.3 Å². The smallest absolute Gasteiger partial charge is 0.423 e. The Balaban J connectivity index is 0.000000170. The number of aromatic amines is 1. The van der Waals surface area contributed by atoms with Crippen molar-refractivity contribution in [2.75, 3.05) is 12.0 Å². The lowest BCUT2D eigenvalue weighted by Gasteiger charge is -2.18. The first kappa shape index (κ1) is 69.1. The van der Waals surface area contributed by atoms with E-state index in [4.69, 9.17) is 17.4 Å². The molecule has 4 aromatic carbocycles. The highest BCUT2D eigenvalue weighted by Crippen LogP contribution is 2.24. The number of benzene rings is 4. The predicted molar refractivity (Wildman–Crippen MR) is 354 cm³/mol. The molecule has 0 fully saturated rings. The molecule has 0 radical (unpaired) electrons. The Labute approximate surface area is 556 Å². The van der Waals surface area contributed by atoms with E-state index in [2.05, 4.69) is 89.0 Å². The molecule has 0 saturated heterocycles. The molecule has 0 saturated carbocycles. The molecule has 8 heterocycles. The van der Waals surface area contributed by atoms with Crippen molar-refractivity contribution in [3.05, 3.63) is 307 Å². The van der Waals surface area contributed by atoms with Gasteiger partial charge in [-0.1, -0.05) is 66.2 Å². The molecular weight excluding hydrogens is 1430 g/mol. The van der Waals surface area contributed by atoms with Crippen molar-refractivity contribution in [2.24, 2.45) is 10.8 Å². The van der Waals surface area contributed by atoms with Gasteiger partial charge in [0.1, 0.15) is 34.5 Å². The van der Waals surface area contributed by atoms with Gasteiger partial charge in [0, 0.05) is 63.7 Å². The minimum atomic E-state index is -1.62. The van der Waals surface area contributed by atoms with Crippen LogP contribution in [0.3, 0.4) is 0 Å². The number of carbonyl (C=O) groups excluding carboxylic acids is 3. The summed E-state index contributed by atoms with van der Waals surface area (Å²) < 4.78 is 59.8. The van der Waals surface area contributed by atoms with Crippen molar-refractivity contribution in [1.29, 1.82) is 0 Å². The lowest BCUT2D eigenvalue weighted by Crippen LogP contribution is -2.33. The van der Waals surface area contributed by atoms with Gasteiger partial charge in [0.05, 0.1) is 13.1 Å². The molecule has 0 atom stereocenters. The van der Waals surface area contributed by atoms with Crippen molar-refractivity contribution >= 4 is 113 Å². The maximum atomic E-state index is 13.5. The number of fused-ring (bicyclic) bond motifs is 2. The molecule has 93 heavy (non-hydrogen) atoms. The Hall–Kier alpha value is -9.75. The second kappa shape index (κ2) is 33.0. The fourth-order valence-corrected chi connectivity index (χ4v) is 9.45. The van der Waals surface area contributed by atoms with Crippen LogP contribution in [-0.2, 0) is 31.0 Å². The molecule has 8 N–H and O–H groups in total. The number of nitrogens with two attached hydrogens (primary N) is 1. The number of pyridine rings is 5. The number of nitrogen functional groups attached to an aromatic ring is 1. The number of nitrogens with one attached hydrogen (secondary N) is 4. The number of amidine groups is 1. The lowest BCUT2D eigenvalue weighted by molar-refractivity contribution is -0.123. The molecule has 0 bridgehead atoms. The van der Waals surface area contributed by atoms with Gasteiger partial charge in [0.25, 0.3) is 28.8 Å². The number of hydrazine groups is 1. The van der Waals surface area contributed by atoms with E-state index in [1.807, 2.05) is 48.5 Å². The molecule has 0 spiro atoms. The van der Waals surface area contributed by atoms with Crippen LogP contribution >= 0.6 is 59.4 Å². The maximum Gasteiger partial charge on any atom is 0.488 e. The largest absolute Gasteiger partial charge is 0.488 e. The molecule has 12 rings (SSSR count). The molecule has 3 amide bonds. The van der Waals surface area contributed by atoms with E-state index in [1.54, 1.807) is 67.3 Å². The fourth-order valence-electron chi connectivity index (χ4n) is 8.53. The molecule has 0 unspecified atom stereocenters. The summed E-state index contributed by atoms with van der Waals surface area (Å²) in [4.78, 5) is 86.9. The number of rotatable bonds is 13. The van der Waals surface area contributed by atoms with E-state index < -0.39 is 53.3 Å². The Morgan fingerprint density at radius 3 is 1.74 bits per heavy atom. The van der Waals surface area contributed by atoms with Crippen LogP contribution in [0.25, 0.3) is 11.2 Å². The first-order valence-corrected chi connectivity index (χ1v) is 30.1. The summed E-state index contributed by atoms with van der Waals surface area (Å²) in [6.07, 6.45) is 13.3. The molecule has 474 valence electrons. The molecule has 30 heteroatoms. The second-order valence-electron chi connectivity index (χ2n) is 19.7. The summed E-state index contributed by atoms with van der Waals surface area (Å²) in [7, 11) is -1.62. The quantitative estimate of drug-likeness (QED) is 0.0188. The number of nitrogens with zero attached hydrogens (tertiary/aromatic N) is 8. The van der Waals surface area contributed by atoms with E-state index in [-0.39, 0.29) is 60.9 Å². The van der Waals surface area contributed by atoms with Gasteiger partial charge in [-0.15, -0.1) is 0 Å². The van der Waals surface area contributed by atoms with E-state index in [0.29, 0.717) is 39.1 Å². The van der Waals surface area contributed by atoms with Gasteiger partial charge in [-0.25, -0.2) is 47.7 Å². The monoisotopic (exact) mass is 1480 g/mol. The first-order chi connectivity index (χ1) is 44.6. The number of aromatic nitrogens is 7. The van der Waals surface area contributed by atoms with Crippen molar-refractivity contribution in [3.63, 3.8) is 0 Å². The van der Waals surface area contributed by atoms with E-state index >= 15 is 0 Å². The van der Waals surface area contributed by atoms with Crippen LogP contribution in [0.15, 0.2) is 228 Å². The van der Waals surface area contributed by atoms with Crippen molar-refractivity contribution in [1.82, 2.24) is 49.2 Å². The average Bonchev–Trinajstić information content (AvgIpc) is 1.87. The third-order valence-corrected chi connectivity index (χ3v) is 14.8. The zero-order valence-corrected chi connectivity index (χ0v) is 53.6. The third kappa shape index (κ3) is 19.6. The second-order valence-corrected chi connectivity index (χ2v) is 22.8. The highest BCUT2D eigenvalue weighted by atomic mass is 79.9. The summed E-state index contributed by atoms with van der Waals surface area (Å²) >= 11 is 15.2. The van der Waals surface area contributed by atoms with Crippen LogP contribution in [0, 0.1) is 23.3 Å². The normalized spacial score (nSPS) is 11.8. The first-order valence-electron chi connectivity index (χ1n) is 27.3. The standard InChI is InChI=1S/C27H20F2N4O3.C20H17BF2N2O4.C6H4BrN3O.C5H3BrClN.C5H6BrN3/c28-22-8-6-18(12-23(22)29)15-32-10-2-5-21(27(32)36)26(35)31-13-17-3-1-4-19(11-17)20-7-9-24-30-14-25(34)33(24)16-20;22-17-7-6-14(10-18(17)23)12-25-8-2-5-16(20(25)27)19(26)24-11-13-3-1-4-15(9-13)21(28)29;7-4-1-2-5-8-9-6(11)10(5)3-4;6-4-1-2-5(7)8-3-4;6-4-1-2-5(9-7)8-3-4/h1-12,16H,13-15H2,(H,31,35);1-10,28-29H,11-12H2,(H,24,26);1-3H,(H,9,11);1-3H;1-3H,7H2,(H,8,9). The van der Waals surface area contributed by atoms with Crippen molar-refractivity contribution in [3.8, 4) is 0 Å². The number of hydrogen-bond donors (Lipinski definition) is 7. The van der Waals surface area contributed by atoms with Crippen LogP contribution in [0.2, 0.25) is 5.15 Å². The van der Waals surface area contributed by atoms with Crippen molar-refractivity contribution in [2.45, 2.75) is 26.2 Å². The molecule has 2 aliphatic rings. The van der Waals surface area contributed by atoms with Crippen LogP contribution in [0.1, 0.15) is 48.5 Å².